The zero-order valence-corrected chi connectivity index (χ0v) is 13.2. The zero-order valence-electron chi connectivity index (χ0n) is 13.2. The molecule has 0 bridgehead atoms. The molecule has 1 aromatic carbocycles. The zero-order chi connectivity index (χ0) is 15.9. The van der Waals surface area contributed by atoms with Gasteiger partial charge in [-0.15, -0.1) is 0 Å². The van der Waals surface area contributed by atoms with Crippen molar-refractivity contribution in [3.8, 4) is 5.75 Å². The summed E-state index contributed by atoms with van der Waals surface area (Å²) in [6.45, 7) is 4.20. The van der Waals surface area contributed by atoms with Crippen LogP contribution in [0.25, 0.3) is 0 Å². The van der Waals surface area contributed by atoms with E-state index in [1.165, 1.54) is 0 Å². The molecule has 0 spiro atoms. The van der Waals surface area contributed by atoms with E-state index in [1.807, 2.05) is 19.1 Å². The molecule has 0 saturated heterocycles. The Morgan fingerprint density at radius 1 is 1.19 bits per heavy atom. The maximum atomic E-state index is 12.1. The molecule has 5 heteroatoms. The monoisotopic (exact) mass is 301 g/mol. The van der Waals surface area contributed by atoms with Crippen molar-refractivity contribution in [2.75, 3.05) is 13.7 Å². The molecular formula is C16H25F2NO2. The fourth-order valence-corrected chi connectivity index (χ4v) is 2.11. The molecule has 1 N–H and O–H groups in total. The summed E-state index contributed by atoms with van der Waals surface area (Å²) in [5, 5.41) is 3.41. The number of alkyl halides is 2. The van der Waals surface area contributed by atoms with Crippen LogP contribution in [0.3, 0.4) is 0 Å². The Hall–Kier alpha value is -1.20. The topological polar surface area (TPSA) is 30.5 Å². The lowest BCUT2D eigenvalue weighted by atomic mass is 9.95. The second-order valence-electron chi connectivity index (χ2n) is 5.56. The largest absolute Gasteiger partial charge is 0.435 e. The molecule has 0 aromatic heterocycles. The van der Waals surface area contributed by atoms with Crippen LogP contribution in [0, 0.1) is 0 Å². The van der Waals surface area contributed by atoms with Crippen molar-refractivity contribution in [2.24, 2.45) is 0 Å². The maximum absolute atomic E-state index is 12.1. The molecule has 0 fully saturated rings. The Morgan fingerprint density at radius 2 is 1.81 bits per heavy atom. The van der Waals surface area contributed by atoms with Crippen molar-refractivity contribution >= 4 is 0 Å². The van der Waals surface area contributed by atoms with Gasteiger partial charge in [-0.1, -0.05) is 19.1 Å². The van der Waals surface area contributed by atoms with Crippen LogP contribution in [-0.2, 0) is 4.74 Å². The van der Waals surface area contributed by atoms with E-state index in [2.05, 4.69) is 23.9 Å². The van der Waals surface area contributed by atoms with Crippen molar-refractivity contribution < 1.29 is 18.3 Å². The first-order valence-electron chi connectivity index (χ1n) is 7.21. The summed E-state index contributed by atoms with van der Waals surface area (Å²) in [4.78, 5) is 0. The number of halogens is 2. The summed E-state index contributed by atoms with van der Waals surface area (Å²) in [6.07, 6.45) is 1.81. The minimum absolute atomic E-state index is 0.171. The number of hydrogen-bond acceptors (Lipinski definition) is 3. The van der Waals surface area contributed by atoms with Gasteiger partial charge in [-0.25, -0.2) is 0 Å². The van der Waals surface area contributed by atoms with Crippen LogP contribution in [0.15, 0.2) is 24.3 Å². The van der Waals surface area contributed by atoms with Crippen LogP contribution < -0.4 is 10.1 Å². The van der Waals surface area contributed by atoms with Gasteiger partial charge < -0.3 is 14.8 Å². The predicted molar refractivity (Wildman–Crippen MR) is 79.8 cm³/mol. The van der Waals surface area contributed by atoms with Gasteiger partial charge in [0, 0.05) is 13.2 Å². The average molecular weight is 301 g/mol. The smallest absolute Gasteiger partial charge is 0.387 e. The minimum atomic E-state index is -2.79. The molecule has 1 rings (SSSR count). The molecule has 0 aliphatic carbocycles. The number of rotatable bonds is 9. The molecule has 0 amide bonds. The lowest BCUT2D eigenvalue weighted by molar-refractivity contribution is -0.0498. The van der Waals surface area contributed by atoms with E-state index in [4.69, 9.17) is 4.74 Å². The Balaban J connectivity index is 2.71. The molecule has 120 valence electrons. The van der Waals surface area contributed by atoms with Gasteiger partial charge >= 0.3 is 6.61 Å². The fraction of sp³-hybridized carbons (Fsp3) is 0.625. The van der Waals surface area contributed by atoms with E-state index < -0.39 is 6.61 Å². The molecule has 1 unspecified atom stereocenters. The highest BCUT2D eigenvalue weighted by Crippen LogP contribution is 2.26. The molecule has 0 heterocycles. The van der Waals surface area contributed by atoms with Crippen molar-refractivity contribution in [3.63, 3.8) is 0 Å². The van der Waals surface area contributed by atoms with Crippen LogP contribution >= 0.6 is 0 Å². The summed E-state index contributed by atoms with van der Waals surface area (Å²) in [5.74, 6) is 0.182. The Labute approximate surface area is 125 Å². The van der Waals surface area contributed by atoms with Gasteiger partial charge in [0.1, 0.15) is 5.75 Å². The third-order valence-corrected chi connectivity index (χ3v) is 3.55. The highest BCUT2D eigenvalue weighted by molar-refractivity contribution is 5.29. The molecule has 0 radical (unpaired) electrons. The molecule has 1 aromatic rings. The van der Waals surface area contributed by atoms with Crippen LogP contribution in [0.4, 0.5) is 8.78 Å². The van der Waals surface area contributed by atoms with Gasteiger partial charge in [-0.2, -0.15) is 8.78 Å². The summed E-state index contributed by atoms with van der Waals surface area (Å²) in [5.41, 5.74) is 0.886. The number of ether oxygens (including phenoxy) is 2. The molecule has 3 nitrogen and oxygen atoms in total. The summed E-state index contributed by atoms with van der Waals surface area (Å²) < 4.78 is 34.1. The van der Waals surface area contributed by atoms with Crippen molar-refractivity contribution in [1.82, 2.24) is 5.32 Å². The normalized spacial score (nSPS) is 13.5. The highest BCUT2D eigenvalue weighted by Gasteiger charge is 2.20. The molecule has 21 heavy (non-hydrogen) atoms. The SMILES string of the molecule is CCNC(CCC(C)(C)OC)c1ccc(OC(F)F)cc1. The summed E-state index contributed by atoms with van der Waals surface area (Å²) in [7, 11) is 1.71. The van der Waals surface area contributed by atoms with E-state index in [0.717, 1.165) is 24.9 Å². The Morgan fingerprint density at radius 3 is 2.29 bits per heavy atom. The highest BCUT2D eigenvalue weighted by atomic mass is 19.3. The molecule has 0 aliphatic rings. The maximum Gasteiger partial charge on any atom is 0.387 e. The molecule has 0 aliphatic heterocycles. The van der Waals surface area contributed by atoms with Crippen LogP contribution in [0.2, 0.25) is 0 Å². The van der Waals surface area contributed by atoms with Gasteiger partial charge in [-0.3, -0.25) is 0 Å². The van der Waals surface area contributed by atoms with Gasteiger partial charge in [0.15, 0.2) is 0 Å². The number of hydrogen-bond donors (Lipinski definition) is 1. The minimum Gasteiger partial charge on any atom is -0.435 e. The number of benzene rings is 1. The van der Waals surface area contributed by atoms with Crippen LogP contribution in [-0.4, -0.2) is 25.9 Å². The van der Waals surface area contributed by atoms with Crippen molar-refractivity contribution in [1.29, 1.82) is 0 Å². The fourth-order valence-electron chi connectivity index (χ4n) is 2.11. The first-order valence-corrected chi connectivity index (χ1v) is 7.21. The first-order chi connectivity index (χ1) is 9.88. The van der Waals surface area contributed by atoms with E-state index in [9.17, 15) is 8.78 Å². The molecule has 0 saturated carbocycles. The quantitative estimate of drug-likeness (QED) is 0.743. The van der Waals surface area contributed by atoms with Crippen molar-refractivity contribution in [2.45, 2.75) is 51.9 Å². The summed E-state index contributed by atoms with van der Waals surface area (Å²) in [6, 6.07) is 6.97. The standard InChI is InChI=1S/C16H25F2NO2/c1-5-19-14(10-11-16(2,3)20-4)12-6-8-13(9-7-12)21-15(17)18/h6-9,14-15,19H,5,10-11H2,1-4H3. The van der Waals surface area contributed by atoms with Gasteiger partial charge in [0.05, 0.1) is 5.60 Å². The van der Waals surface area contributed by atoms with E-state index in [-0.39, 0.29) is 17.4 Å². The number of methoxy groups -OCH3 is 1. The van der Waals surface area contributed by atoms with Gasteiger partial charge in [-0.05, 0) is 50.9 Å². The van der Waals surface area contributed by atoms with E-state index in [1.54, 1.807) is 19.2 Å². The predicted octanol–water partition coefficient (Wildman–Crippen LogP) is 4.14. The van der Waals surface area contributed by atoms with Gasteiger partial charge in [0.2, 0.25) is 0 Å². The molecular weight excluding hydrogens is 276 g/mol. The molecule has 1 atom stereocenters. The third-order valence-electron chi connectivity index (χ3n) is 3.55. The lowest BCUT2D eigenvalue weighted by Gasteiger charge is -2.26. The Bertz CT molecular complexity index is 407. The van der Waals surface area contributed by atoms with Crippen molar-refractivity contribution in [3.05, 3.63) is 29.8 Å². The van der Waals surface area contributed by atoms with Crippen LogP contribution in [0.5, 0.6) is 5.75 Å². The summed E-state index contributed by atoms with van der Waals surface area (Å²) >= 11 is 0. The van der Waals surface area contributed by atoms with E-state index >= 15 is 0 Å². The first kappa shape index (κ1) is 17.9. The second kappa shape index (κ2) is 8.29. The second-order valence-corrected chi connectivity index (χ2v) is 5.56. The van der Waals surface area contributed by atoms with Crippen LogP contribution in [0.1, 0.15) is 45.2 Å². The van der Waals surface area contributed by atoms with E-state index in [0.29, 0.717) is 0 Å². The average Bonchev–Trinajstić information content (AvgIpc) is 2.44. The lowest BCUT2D eigenvalue weighted by Crippen LogP contribution is -2.27. The Kier molecular flexibility index (Phi) is 7.05. The third kappa shape index (κ3) is 6.40. The number of nitrogens with one attached hydrogen (secondary N) is 1. The van der Waals surface area contributed by atoms with Gasteiger partial charge in [0.25, 0.3) is 0 Å².